The molecule has 1 amide bonds. The second-order valence-electron chi connectivity index (χ2n) is 5.21. The SMILES string of the molecule is CCc1cccc(C)c1NC(=O)/C(C#N)=C\Nc1ccccc1F. The van der Waals surface area contributed by atoms with Crippen molar-refractivity contribution in [3.63, 3.8) is 0 Å². The monoisotopic (exact) mass is 323 g/mol. The number of carbonyl (C=O) groups excluding carboxylic acids is 1. The highest BCUT2D eigenvalue weighted by molar-refractivity contribution is 6.07. The summed E-state index contributed by atoms with van der Waals surface area (Å²) >= 11 is 0. The highest BCUT2D eigenvalue weighted by Crippen LogP contribution is 2.21. The standard InChI is InChI=1S/C19H18FN3O/c1-3-14-8-6-7-13(2)18(14)23-19(24)15(11-21)12-22-17-10-5-4-9-16(17)20/h4-10,12,22H,3H2,1-2H3,(H,23,24)/b15-12-. The van der Waals surface area contributed by atoms with Crippen molar-refractivity contribution < 1.29 is 9.18 Å². The molecule has 2 aromatic carbocycles. The van der Waals surface area contributed by atoms with Gasteiger partial charge < -0.3 is 10.6 Å². The molecule has 2 rings (SSSR count). The Hall–Kier alpha value is -3.13. The number of anilines is 2. The van der Waals surface area contributed by atoms with Crippen LogP contribution in [-0.2, 0) is 11.2 Å². The number of halogens is 1. The van der Waals surface area contributed by atoms with Crippen LogP contribution in [0.3, 0.4) is 0 Å². The molecule has 0 atom stereocenters. The molecule has 0 heterocycles. The van der Waals surface area contributed by atoms with Crippen molar-refractivity contribution in [2.75, 3.05) is 10.6 Å². The second kappa shape index (κ2) is 7.93. The summed E-state index contributed by atoms with van der Waals surface area (Å²) in [5, 5.41) is 14.6. The Balaban J connectivity index is 2.20. The summed E-state index contributed by atoms with van der Waals surface area (Å²) in [6, 6.07) is 13.6. The van der Waals surface area contributed by atoms with Gasteiger partial charge in [0.15, 0.2) is 0 Å². The largest absolute Gasteiger partial charge is 0.358 e. The van der Waals surface area contributed by atoms with Crippen LogP contribution in [0.5, 0.6) is 0 Å². The van der Waals surface area contributed by atoms with Crippen molar-refractivity contribution >= 4 is 17.3 Å². The van der Waals surface area contributed by atoms with Gasteiger partial charge in [0.2, 0.25) is 0 Å². The fraction of sp³-hybridized carbons (Fsp3) is 0.158. The van der Waals surface area contributed by atoms with Gasteiger partial charge in [-0.3, -0.25) is 4.79 Å². The van der Waals surface area contributed by atoms with Crippen LogP contribution in [0.2, 0.25) is 0 Å². The normalized spacial score (nSPS) is 10.8. The molecule has 4 nitrogen and oxygen atoms in total. The highest BCUT2D eigenvalue weighted by Gasteiger charge is 2.13. The van der Waals surface area contributed by atoms with Crippen molar-refractivity contribution in [2.24, 2.45) is 0 Å². The van der Waals surface area contributed by atoms with Crippen molar-refractivity contribution in [2.45, 2.75) is 20.3 Å². The fourth-order valence-electron chi connectivity index (χ4n) is 2.26. The molecule has 0 unspecified atom stereocenters. The third-order valence-electron chi connectivity index (χ3n) is 3.59. The van der Waals surface area contributed by atoms with Gasteiger partial charge in [0.05, 0.1) is 5.69 Å². The van der Waals surface area contributed by atoms with E-state index in [4.69, 9.17) is 0 Å². The molecule has 2 aromatic rings. The first-order valence-corrected chi connectivity index (χ1v) is 7.58. The van der Waals surface area contributed by atoms with Crippen molar-refractivity contribution in [3.8, 4) is 6.07 Å². The first kappa shape index (κ1) is 17.2. The number of nitriles is 1. The molecule has 0 bridgehead atoms. The number of rotatable bonds is 5. The molecule has 0 spiro atoms. The Morgan fingerprint density at radius 1 is 1.25 bits per heavy atom. The summed E-state index contributed by atoms with van der Waals surface area (Å²) in [5.41, 5.74) is 2.67. The van der Waals surface area contributed by atoms with E-state index in [1.54, 1.807) is 12.1 Å². The Labute approximate surface area is 140 Å². The van der Waals surface area contributed by atoms with Crippen LogP contribution in [0.25, 0.3) is 0 Å². The van der Waals surface area contributed by atoms with Crippen molar-refractivity contribution in [3.05, 3.63) is 71.2 Å². The maximum atomic E-state index is 13.6. The van der Waals surface area contributed by atoms with Gasteiger partial charge in [-0.05, 0) is 36.6 Å². The fourth-order valence-corrected chi connectivity index (χ4v) is 2.26. The summed E-state index contributed by atoms with van der Waals surface area (Å²) < 4.78 is 13.6. The average Bonchev–Trinajstić information content (AvgIpc) is 2.58. The van der Waals surface area contributed by atoms with Crippen LogP contribution < -0.4 is 10.6 Å². The Bertz CT molecular complexity index is 822. The van der Waals surface area contributed by atoms with Gasteiger partial charge in [0.1, 0.15) is 17.5 Å². The van der Waals surface area contributed by atoms with Crippen molar-refractivity contribution in [1.82, 2.24) is 0 Å². The van der Waals surface area contributed by atoms with E-state index >= 15 is 0 Å². The number of nitrogens with zero attached hydrogens (tertiary/aromatic N) is 1. The number of nitrogens with one attached hydrogen (secondary N) is 2. The van der Waals surface area contributed by atoms with Gasteiger partial charge in [0.25, 0.3) is 5.91 Å². The highest BCUT2D eigenvalue weighted by atomic mass is 19.1. The molecule has 0 radical (unpaired) electrons. The summed E-state index contributed by atoms with van der Waals surface area (Å²) in [5.74, 6) is -0.996. The first-order chi connectivity index (χ1) is 11.6. The molecule has 0 aromatic heterocycles. The number of amides is 1. The maximum Gasteiger partial charge on any atom is 0.267 e. The summed E-state index contributed by atoms with van der Waals surface area (Å²) in [6.45, 7) is 3.88. The molecular formula is C19H18FN3O. The molecule has 0 saturated heterocycles. The zero-order valence-electron chi connectivity index (χ0n) is 13.6. The number of para-hydroxylation sites is 2. The molecule has 24 heavy (non-hydrogen) atoms. The molecule has 5 heteroatoms. The molecule has 0 aliphatic heterocycles. The van der Waals surface area contributed by atoms with E-state index in [0.717, 1.165) is 17.5 Å². The molecule has 2 N–H and O–H groups in total. The van der Waals surface area contributed by atoms with E-state index in [1.807, 2.05) is 38.1 Å². The van der Waals surface area contributed by atoms with Crippen LogP contribution in [0, 0.1) is 24.1 Å². The average molecular weight is 323 g/mol. The summed E-state index contributed by atoms with van der Waals surface area (Å²) in [6.07, 6.45) is 1.97. The summed E-state index contributed by atoms with van der Waals surface area (Å²) in [7, 11) is 0. The smallest absolute Gasteiger partial charge is 0.267 e. The van der Waals surface area contributed by atoms with Crippen LogP contribution in [0.4, 0.5) is 15.8 Å². The minimum absolute atomic E-state index is 0.136. The van der Waals surface area contributed by atoms with Gasteiger partial charge in [-0.2, -0.15) is 5.26 Å². The zero-order chi connectivity index (χ0) is 17.5. The van der Waals surface area contributed by atoms with Crippen LogP contribution in [0.15, 0.2) is 54.2 Å². The van der Waals surface area contributed by atoms with Gasteiger partial charge in [0, 0.05) is 11.9 Å². The lowest BCUT2D eigenvalue weighted by molar-refractivity contribution is -0.112. The van der Waals surface area contributed by atoms with E-state index in [0.29, 0.717) is 5.69 Å². The Kier molecular flexibility index (Phi) is 5.69. The lowest BCUT2D eigenvalue weighted by Crippen LogP contribution is -2.16. The number of aryl methyl sites for hydroxylation is 2. The van der Waals surface area contributed by atoms with Crippen LogP contribution >= 0.6 is 0 Å². The Morgan fingerprint density at radius 2 is 2.00 bits per heavy atom. The van der Waals surface area contributed by atoms with Gasteiger partial charge in [-0.15, -0.1) is 0 Å². The number of hydrogen-bond donors (Lipinski definition) is 2. The third kappa shape index (κ3) is 3.99. The minimum Gasteiger partial charge on any atom is -0.358 e. The molecule has 0 aliphatic carbocycles. The lowest BCUT2D eigenvalue weighted by Gasteiger charge is -2.12. The van der Waals surface area contributed by atoms with Crippen LogP contribution in [0.1, 0.15) is 18.1 Å². The van der Waals surface area contributed by atoms with E-state index in [9.17, 15) is 14.4 Å². The number of hydrogen-bond acceptors (Lipinski definition) is 3. The zero-order valence-corrected chi connectivity index (χ0v) is 13.6. The molecule has 122 valence electrons. The third-order valence-corrected chi connectivity index (χ3v) is 3.59. The number of carbonyl (C=O) groups is 1. The lowest BCUT2D eigenvalue weighted by atomic mass is 10.1. The van der Waals surface area contributed by atoms with E-state index in [-0.39, 0.29) is 11.3 Å². The van der Waals surface area contributed by atoms with E-state index < -0.39 is 11.7 Å². The van der Waals surface area contributed by atoms with Gasteiger partial charge in [-0.25, -0.2) is 4.39 Å². The first-order valence-electron chi connectivity index (χ1n) is 7.58. The van der Waals surface area contributed by atoms with E-state index in [1.165, 1.54) is 18.3 Å². The van der Waals surface area contributed by atoms with Gasteiger partial charge in [-0.1, -0.05) is 37.3 Å². The minimum atomic E-state index is -0.537. The Morgan fingerprint density at radius 3 is 2.67 bits per heavy atom. The van der Waals surface area contributed by atoms with E-state index in [2.05, 4.69) is 10.6 Å². The molecule has 0 aliphatic rings. The number of benzene rings is 2. The quantitative estimate of drug-likeness (QED) is 0.641. The van der Waals surface area contributed by atoms with Crippen LogP contribution in [-0.4, -0.2) is 5.91 Å². The predicted octanol–water partition coefficient (Wildman–Crippen LogP) is 4.15. The van der Waals surface area contributed by atoms with Gasteiger partial charge >= 0.3 is 0 Å². The topological polar surface area (TPSA) is 64.9 Å². The molecule has 0 fully saturated rings. The van der Waals surface area contributed by atoms with Crippen molar-refractivity contribution in [1.29, 1.82) is 5.26 Å². The predicted molar refractivity (Wildman–Crippen MR) is 92.9 cm³/mol. The summed E-state index contributed by atoms with van der Waals surface area (Å²) in [4.78, 5) is 12.3. The molecule has 0 saturated carbocycles. The molecular weight excluding hydrogens is 305 g/mol. The maximum absolute atomic E-state index is 13.6. The second-order valence-corrected chi connectivity index (χ2v) is 5.21.